The fraction of sp³-hybridized carbons (Fsp3) is 0.167. The minimum absolute atomic E-state index is 0.186. The quantitative estimate of drug-likeness (QED) is 0.574. The molecule has 0 atom stereocenters. The monoisotopic (exact) mass is 434 g/mol. The van der Waals surface area contributed by atoms with Crippen molar-refractivity contribution in [2.75, 3.05) is 5.32 Å². The highest BCUT2D eigenvalue weighted by Gasteiger charge is 2.12. The summed E-state index contributed by atoms with van der Waals surface area (Å²) in [6.45, 7) is 2.35. The van der Waals surface area contributed by atoms with Crippen molar-refractivity contribution in [3.8, 4) is 0 Å². The van der Waals surface area contributed by atoms with Crippen molar-refractivity contribution in [3.05, 3.63) is 74.9 Å². The lowest BCUT2D eigenvalue weighted by atomic mass is 10.3. The Morgan fingerprint density at radius 2 is 1.96 bits per heavy atom. The van der Waals surface area contributed by atoms with E-state index in [-0.39, 0.29) is 11.4 Å². The van der Waals surface area contributed by atoms with Crippen molar-refractivity contribution in [2.24, 2.45) is 0 Å². The number of benzene rings is 2. The minimum Gasteiger partial charge on any atom is -0.324 e. The van der Waals surface area contributed by atoms with Gasteiger partial charge in [0.15, 0.2) is 0 Å². The van der Waals surface area contributed by atoms with Crippen molar-refractivity contribution in [1.82, 2.24) is 14.8 Å². The molecule has 5 nitrogen and oxygen atoms in total. The van der Waals surface area contributed by atoms with Crippen LogP contribution in [0.5, 0.6) is 0 Å². The maximum absolute atomic E-state index is 13.0. The number of hydrogen-bond donors (Lipinski definition) is 1. The summed E-state index contributed by atoms with van der Waals surface area (Å²) < 4.78 is 15.4. The Kier molecular flexibility index (Phi) is 6.05. The van der Waals surface area contributed by atoms with Gasteiger partial charge in [-0.25, -0.2) is 4.39 Å². The first-order chi connectivity index (χ1) is 12.6. The summed E-state index contributed by atoms with van der Waals surface area (Å²) in [7, 11) is 0. The Labute approximate surface area is 162 Å². The van der Waals surface area contributed by atoms with Crippen LogP contribution in [-0.2, 0) is 12.3 Å². The summed E-state index contributed by atoms with van der Waals surface area (Å²) in [4.78, 5) is 13.6. The van der Waals surface area contributed by atoms with E-state index in [9.17, 15) is 9.18 Å². The lowest BCUT2D eigenvalue weighted by Crippen LogP contribution is -2.27. The molecule has 0 spiro atoms. The number of nitrogens with one attached hydrogen (secondary N) is 1. The standard InChI is InChI=1S/C18H16BrFN4OS/c1-2-24-17(25)16(11-26-15-8-6-13(20)7-9-15)22-23-18(24)21-14-5-3-4-12(19)10-14/h3-10H,2,11H2,1H3,(H,21,23). The molecule has 0 unspecified atom stereocenters. The number of rotatable bonds is 6. The highest BCUT2D eigenvalue weighted by atomic mass is 79.9. The van der Waals surface area contributed by atoms with Gasteiger partial charge in [0.05, 0.1) is 0 Å². The lowest BCUT2D eigenvalue weighted by Gasteiger charge is -2.12. The molecule has 0 aliphatic rings. The van der Waals surface area contributed by atoms with E-state index in [2.05, 4.69) is 31.4 Å². The first-order valence-electron chi connectivity index (χ1n) is 7.94. The molecular formula is C18H16BrFN4OS. The average molecular weight is 435 g/mol. The molecule has 0 amide bonds. The molecule has 3 rings (SSSR count). The van der Waals surface area contributed by atoms with Crippen molar-refractivity contribution in [1.29, 1.82) is 0 Å². The number of halogens is 2. The van der Waals surface area contributed by atoms with Gasteiger partial charge in [0.25, 0.3) is 5.56 Å². The van der Waals surface area contributed by atoms with E-state index < -0.39 is 0 Å². The molecule has 1 N–H and O–H groups in total. The molecule has 2 aromatic carbocycles. The molecule has 0 aliphatic carbocycles. The zero-order chi connectivity index (χ0) is 18.5. The van der Waals surface area contributed by atoms with Gasteiger partial charge in [-0.05, 0) is 49.4 Å². The van der Waals surface area contributed by atoms with E-state index in [0.717, 1.165) is 15.1 Å². The molecule has 134 valence electrons. The molecular weight excluding hydrogens is 419 g/mol. The Bertz CT molecular complexity index is 962. The Hall–Kier alpha value is -2.19. The molecule has 26 heavy (non-hydrogen) atoms. The maximum Gasteiger partial charge on any atom is 0.277 e. The van der Waals surface area contributed by atoms with Crippen LogP contribution in [-0.4, -0.2) is 14.8 Å². The van der Waals surface area contributed by atoms with E-state index in [1.165, 1.54) is 23.9 Å². The number of hydrogen-bond acceptors (Lipinski definition) is 5. The highest BCUT2D eigenvalue weighted by Crippen LogP contribution is 2.22. The second-order valence-electron chi connectivity index (χ2n) is 5.40. The third-order valence-electron chi connectivity index (χ3n) is 3.60. The molecule has 1 heterocycles. The van der Waals surface area contributed by atoms with Crippen LogP contribution in [0.25, 0.3) is 0 Å². The van der Waals surface area contributed by atoms with Crippen LogP contribution in [0.15, 0.2) is 62.7 Å². The molecule has 0 saturated carbocycles. The molecule has 0 aliphatic heterocycles. The Morgan fingerprint density at radius 1 is 1.19 bits per heavy atom. The first-order valence-corrected chi connectivity index (χ1v) is 9.72. The van der Waals surface area contributed by atoms with Crippen LogP contribution in [0.2, 0.25) is 0 Å². The van der Waals surface area contributed by atoms with Gasteiger partial charge in [-0.15, -0.1) is 22.0 Å². The van der Waals surface area contributed by atoms with Gasteiger partial charge >= 0.3 is 0 Å². The molecule has 0 radical (unpaired) electrons. The van der Waals surface area contributed by atoms with E-state index >= 15 is 0 Å². The molecule has 0 saturated heterocycles. The van der Waals surface area contributed by atoms with Crippen molar-refractivity contribution >= 4 is 39.3 Å². The summed E-state index contributed by atoms with van der Waals surface area (Å²) >= 11 is 4.83. The number of aromatic nitrogens is 3. The van der Waals surface area contributed by atoms with Crippen molar-refractivity contribution < 1.29 is 4.39 Å². The van der Waals surface area contributed by atoms with Crippen LogP contribution in [0, 0.1) is 5.82 Å². The van der Waals surface area contributed by atoms with Gasteiger partial charge in [-0.1, -0.05) is 22.0 Å². The number of anilines is 2. The molecule has 0 fully saturated rings. The van der Waals surface area contributed by atoms with Gasteiger partial charge in [-0.3, -0.25) is 9.36 Å². The topological polar surface area (TPSA) is 59.8 Å². The van der Waals surface area contributed by atoms with Gasteiger partial charge < -0.3 is 5.32 Å². The molecule has 3 aromatic rings. The van der Waals surface area contributed by atoms with Crippen LogP contribution < -0.4 is 10.9 Å². The zero-order valence-electron chi connectivity index (χ0n) is 13.9. The van der Waals surface area contributed by atoms with Crippen LogP contribution in [0.4, 0.5) is 16.0 Å². The van der Waals surface area contributed by atoms with Crippen LogP contribution in [0.1, 0.15) is 12.6 Å². The van der Waals surface area contributed by atoms with Crippen LogP contribution >= 0.6 is 27.7 Å². The highest BCUT2D eigenvalue weighted by molar-refractivity contribution is 9.10. The summed E-state index contributed by atoms with van der Waals surface area (Å²) in [5, 5.41) is 11.4. The summed E-state index contributed by atoms with van der Waals surface area (Å²) in [5.41, 5.74) is 0.985. The van der Waals surface area contributed by atoms with Crippen molar-refractivity contribution in [3.63, 3.8) is 0 Å². The predicted molar refractivity (Wildman–Crippen MR) is 105 cm³/mol. The summed E-state index contributed by atoms with van der Waals surface area (Å²) in [6.07, 6.45) is 0. The van der Waals surface area contributed by atoms with Crippen LogP contribution in [0.3, 0.4) is 0 Å². The zero-order valence-corrected chi connectivity index (χ0v) is 16.3. The fourth-order valence-electron chi connectivity index (χ4n) is 2.31. The van der Waals surface area contributed by atoms with E-state index in [4.69, 9.17) is 0 Å². The smallest absolute Gasteiger partial charge is 0.277 e. The third kappa shape index (κ3) is 4.50. The Morgan fingerprint density at radius 3 is 2.65 bits per heavy atom. The van der Waals surface area contributed by atoms with Gasteiger partial charge in [0.2, 0.25) is 5.95 Å². The normalized spacial score (nSPS) is 10.7. The minimum atomic E-state index is -0.287. The number of thioether (sulfide) groups is 1. The van der Waals surface area contributed by atoms with E-state index in [1.54, 1.807) is 16.7 Å². The second-order valence-corrected chi connectivity index (χ2v) is 7.36. The van der Waals surface area contributed by atoms with Gasteiger partial charge in [0, 0.05) is 27.4 Å². The fourth-order valence-corrected chi connectivity index (χ4v) is 3.52. The van der Waals surface area contributed by atoms with Gasteiger partial charge in [-0.2, -0.15) is 0 Å². The van der Waals surface area contributed by atoms with E-state index in [1.807, 2.05) is 31.2 Å². The molecule has 0 bridgehead atoms. The third-order valence-corrected chi connectivity index (χ3v) is 5.12. The second kappa shape index (κ2) is 8.46. The molecule has 8 heteroatoms. The van der Waals surface area contributed by atoms with E-state index in [0.29, 0.717) is 23.9 Å². The molecule has 1 aromatic heterocycles. The summed E-state index contributed by atoms with van der Waals surface area (Å²) in [6, 6.07) is 13.7. The SMILES string of the molecule is CCn1c(Nc2cccc(Br)c2)nnc(CSc2ccc(F)cc2)c1=O. The predicted octanol–water partition coefficient (Wildman–Crippen LogP) is 4.60. The largest absolute Gasteiger partial charge is 0.324 e. The first kappa shape index (κ1) is 18.6. The summed E-state index contributed by atoms with van der Waals surface area (Å²) in [5.74, 6) is 0.478. The Balaban J connectivity index is 1.80. The average Bonchev–Trinajstić information content (AvgIpc) is 2.63. The van der Waals surface area contributed by atoms with Crippen molar-refractivity contribution in [2.45, 2.75) is 24.1 Å². The maximum atomic E-state index is 13.0. The lowest BCUT2D eigenvalue weighted by molar-refractivity contribution is 0.626. The number of nitrogens with zero attached hydrogens (tertiary/aromatic N) is 3. The van der Waals surface area contributed by atoms with Gasteiger partial charge in [0.1, 0.15) is 11.5 Å².